The van der Waals surface area contributed by atoms with Crippen molar-refractivity contribution in [1.82, 2.24) is 0 Å². The van der Waals surface area contributed by atoms with Crippen LogP contribution < -0.4 is 0 Å². The topological polar surface area (TPSA) is 36.1 Å². The lowest BCUT2D eigenvalue weighted by molar-refractivity contribution is 1.38. The van der Waals surface area contributed by atoms with Crippen LogP contribution in [0.25, 0.3) is 0 Å². The van der Waals surface area contributed by atoms with E-state index in [4.69, 9.17) is 29.1 Å². The summed E-state index contributed by atoms with van der Waals surface area (Å²) in [5.74, 6) is 0. The summed E-state index contributed by atoms with van der Waals surface area (Å²) in [6.45, 7) is 0. The first-order chi connectivity index (χ1) is 4.74. The zero-order valence-corrected chi connectivity index (χ0v) is 6.54. The Morgan fingerprint density at radius 1 is 1.80 bits per heavy atom. The lowest BCUT2D eigenvalue weighted by Crippen LogP contribution is -2.11. The van der Waals surface area contributed by atoms with Crippen molar-refractivity contribution in [3.8, 4) is 6.07 Å². The quantitative estimate of drug-likeness (QED) is 0.520. The molecular weight excluding hydrogens is 168 g/mol. The molecule has 0 fully saturated rings. The molecule has 1 heterocycles. The van der Waals surface area contributed by atoms with Crippen LogP contribution in [0.5, 0.6) is 0 Å². The van der Waals surface area contributed by atoms with Gasteiger partial charge in [-0.2, -0.15) is 5.26 Å². The van der Waals surface area contributed by atoms with Gasteiger partial charge in [-0.15, -0.1) is 0 Å². The van der Waals surface area contributed by atoms with Crippen LogP contribution in [0, 0.1) is 11.3 Å². The summed E-state index contributed by atoms with van der Waals surface area (Å²) >= 11 is 10.4. The SMILES string of the molecule is N#CC1=NC=C(Cl)CC1=S. The molecule has 0 radical (unpaired) electrons. The van der Waals surface area contributed by atoms with Gasteiger partial charge in [-0.25, -0.2) is 4.99 Å². The normalized spacial score (nSPS) is 17.4. The van der Waals surface area contributed by atoms with Crippen LogP contribution in [-0.2, 0) is 0 Å². The third kappa shape index (κ3) is 1.41. The zero-order valence-electron chi connectivity index (χ0n) is 4.97. The predicted octanol–water partition coefficient (Wildman–Crippen LogP) is 1.80. The van der Waals surface area contributed by atoms with Gasteiger partial charge in [0.1, 0.15) is 6.07 Å². The maximum atomic E-state index is 8.41. The Morgan fingerprint density at radius 2 is 2.50 bits per heavy atom. The van der Waals surface area contributed by atoms with Gasteiger partial charge in [0.15, 0.2) is 5.71 Å². The summed E-state index contributed by atoms with van der Waals surface area (Å²) < 4.78 is 0. The molecule has 0 aromatic heterocycles. The summed E-state index contributed by atoms with van der Waals surface area (Å²) in [7, 11) is 0. The largest absolute Gasteiger partial charge is 0.243 e. The van der Waals surface area contributed by atoms with E-state index in [1.54, 1.807) is 0 Å². The average Bonchev–Trinajstić information content (AvgIpc) is 1.88. The second kappa shape index (κ2) is 2.91. The summed E-state index contributed by atoms with van der Waals surface area (Å²) in [6.07, 6.45) is 1.93. The molecule has 1 aliphatic rings. The molecule has 10 heavy (non-hydrogen) atoms. The van der Waals surface area contributed by atoms with Crippen LogP contribution in [0.2, 0.25) is 0 Å². The van der Waals surface area contributed by atoms with E-state index in [0.29, 0.717) is 22.0 Å². The number of hydrogen-bond donors (Lipinski definition) is 0. The van der Waals surface area contributed by atoms with E-state index in [2.05, 4.69) is 4.99 Å². The number of allylic oxidation sites excluding steroid dienone is 1. The number of rotatable bonds is 0. The molecule has 0 saturated heterocycles. The Labute approximate surface area is 68.8 Å². The Morgan fingerprint density at radius 3 is 3.00 bits per heavy atom. The van der Waals surface area contributed by atoms with Crippen LogP contribution in [0.1, 0.15) is 6.42 Å². The minimum atomic E-state index is 0.305. The Bertz CT molecular complexity index is 272. The summed E-state index contributed by atoms with van der Waals surface area (Å²) in [5, 5.41) is 8.99. The number of halogens is 1. The van der Waals surface area contributed by atoms with Crippen LogP contribution in [0.3, 0.4) is 0 Å². The smallest absolute Gasteiger partial charge is 0.154 e. The van der Waals surface area contributed by atoms with Crippen molar-refractivity contribution in [2.45, 2.75) is 6.42 Å². The Kier molecular flexibility index (Phi) is 2.15. The van der Waals surface area contributed by atoms with Crippen molar-refractivity contribution in [2.75, 3.05) is 0 Å². The molecule has 0 aliphatic carbocycles. The van der Waals surface area contributed by atoms with E-state index in [9.17, 15) is 0 Å². The Hall–Kier alpha value is -0.720. The van der Waals surface area contributed by atoms with Gasteiger partial charge in [-0.05, 0) is 0 Å². The third-order valence-electron chi connectivity index (χ3n) is 1.03. The molecular formula is C6H3ClN2S. The summed E-state index contributed by atoms with van der Waals surface area (Å²) in [5.41, 5.74) is 0.305. The van der Waals surface area contributed by atoms with E-state index in [0.717, 1.165) is 0 Å². The van der Waals surface area contributed by atoms with Crippen molar-refractivity contribution in [3.63, 3.8) is 0 Å². The van der Waals surface area contributed by atoms with Crippen molar-refractivity contribution >= 4 is 34.4 Å². The molecule has 50 valence electrons. The number of aliphatic imine (C=N–C) groups is 1. The van der Waals surface area contributed by atoms with E-state index >= 15 is 0 Å². The van der Waals surface area contributed by atoms with Crippen LogP contribution in [0.15, 0.2) is 16.2 Å². The van der Waals surface area contributed by atoms with E-state index < -0.39 is 0 Å². The van der Waals surface area contributed by atoms with Gasteiger partial charge >= 0.3 is 0 Å². The Balaban J connectivity index is 2.95. The first-order valence-corrected chi connectivity index (χ1v) is 3.38. The molecule has 0 amide bonds. The lowest BCUT2D eigenvalue weighted by atomic mass is 10.2. The molecule has 0 aromatic rings. The second-order valence-electron chi connectivity index (χ2n) is 1.77. The van der Waals surface area contributed by atoms with Gasteiger partial charge in [0, 0.05) is 17.7 Å². The number of hydrogen-bond acceptors (Lipinski definition) is 3. The highest BCUT2D eigenvalue weighted by Crippen LogP contribution is 2.13. The van der Waals surface area contributed by atoms with Gasteiger partial charge in [0.25, 0.3) is 0 Å². The van der Waals surface area contributed by atoms with E-state index in [1.165, 1.54) is 6.20 Å². The molecule has 0 unspecified atom stereocenters. The highest BCUT2D eigenvalue weighted by molar-refractivity contribution is 7.82. The maximum absolute atomic E-state index is 8.41. The second-order valence-corrected chi connectivity index (χ2v) is 2.74. The molecule has 0 saturated carbocycles. The fraction of sp³-hybridized carbons (Fsp3) is 0.167. The zero-order chi connectivity index (χ0) is 7.56. The number of thiocarbonyl (C=S) groups is 1. The molecule has 0 N–H and O–H groups in total. The monoisotopic (exact) mass is 170 g/mol. The molecule has 0 atom stereocenters. The summed E-state index contributed by atoms with van der Waals surface area (Å²) in [6, 6.07) is 1.88. The highest BCUT2D eigenvalue weighted by Gasteiger charge is 2.10. The van der Waals surface area contributed by atoms with Crippen molar-refractivity contribution < 1.29 is 0 Å². The van der Waals surface area contributed by atoms with Gasteiger partial charge < -0.3 is 0 Å². The van der Waals surface area contributed by atoms with E-state index in [-0.39, 0.29) is 0 Å². The highest BCUT2D eigenvalue weighted by atomic mass is 35.5. The van der Waals surface area contributed by atoms with Crippen molar-refractivity contribution in [3.05, 3.63) is 11.2 Å². The maximum Gasteiger partial charge on any atom is 0.154 e. The average molecular weight is 171 g/mol. The van der Waals surface area contributed by atoms with Crippen LogP contribution in [0.4, 0.5) is 0 Å². The predicted molar refractivity (Wildman–Crippen MR) is 44.2 cm³/mol. The number of nitriles is 1. The minimum Gasteiger partial charge on any atom is -0.243 e. The third-order valence-corrected chi connectivity index (χ3v) is 1.60. The molecule has 4 heteroatoms. The van der Waals surface area contributed by atoms with Crippen LogP contribution >= 0.6 is 23.8 Å². The first kappa shape index (κ1) is 7.39. The van der Waals surface area contributed by atoms with E-state index in [1.807, 2.05) is 6.07 Å². The molecule has 2 nitrogen and oxygen atoms in total. The fourth-order valence-electron chi connectivity index (χ4n) is 0.581. The lowest BCUT2D eigenvalue weighted by Gasteiger charge is -2.03. The number of nitrogens with zero attached hydrogens (tertiary/aromatic N) is 2. The molecule has 1 rings (SSSR count). The molecule has 1 aliphatic heterocycles. The molecule has 0 aromatic carbocycles. The van der Waals surface area contributed by atoms with Gasteiger partial charge in [0.05, 0.1) is 4.86 Å². The standard InChI is InChI=1S/C6H3ClN2S/c7-4-1-6(10)5(2-8)9-3-4/h3H,1H2. The fourth-order valence-corrected chi connectivity index (χ4v) is 1.10. The summed E-state index contributed by atoms with van der Waals surface area (Å²) in [4.78, 5) is 4.25. The van der Waals surface area contributed by atoms with Crippen molar-refractivity contribution in [2.24, 2.45) is 4.99 Å². The van der Waals surface area contributed by atoms with Gasteiger partial charge in [0.2, 0.25) is 0 Å². The first-order valence-electron chi connectivity index (χ1n) is 2.59. The van der Waals surface area contributed by atoms with Gasteiger partial charge in [-0.3, -0.25) is 0 Å². The van der Waals surface area contributed by atoms with Crippen LogP contribution in [-0.4, -0.2) is 10.6 Å². The molecule has 0 bridgehead atoms. The molecule has 0 spiro atoms. The van der Waals surface area contributed by atoms with Gasteiger partial charge in [-0.1, -0.05) is 23.8 Å². The minimum absolute atomic E-state index is 0.305. The van der Waals surface area contributed by atoms with Crippen molar-refractivity contribution in [1.29, 1.82) is 5.26 Å².